The van der Waals surface area contributed by atoms with Gasteiger partial charge in [0, 0.05) is 30.3 Å². The summed E-state index contributed by atoms with van der Waals surface area (Å²) in [5.41, 5.74) is 10.1. The molecule has 2 aromatic heterocycles. The normalized spacial score (nSPS) is 11.0. The van der Waals surface area contributed by atoms with E-state index in [4.69, 9.17) is 15.5 Å². The molecule has 4 nitrogen and oxygen atoms in total. The van der Waals surface area contributed by atoms with Crippen molar-refractivity contribution < 1.29 is 4.74 Å². The largest absolute Gasteiger partial charge is 0.496 e. The Kier molecular flexibility index (Phi) is 3.88. The lowest BCUT2D eigenvalue weighted by Crippen LogP contribution is -2.07. The van der Waals surface area contributed by atoms with E-state index in [0.717, 1.165) is 35.5 Å². The van der Waals surface area contributed by atoms with Gasteiger partial charge in [-0.25, -0.2) is 4.98 Å². The number of pyridine rings is 1. The summed E-state index contributed by atoms with van der Waals surface area (Å²) >= 11 is 0. The number of hydrogen-bond donors (Lipinski definition) is 1. The van der Waals surface area contributed by atoms with Gasteiger partial charge in [-0.05, 0) is 24.7 Å². The van der Waals surface area contributed by atoms with Crippen LogP contribution in [0.1, 0.15) is 17.0 Å². The highest BCUT2D eigenvalue weighted by Crippen LogP contribution is 2.23. The number of nitrogens with two attached hydrogens (primary N) is 1. The van der Waals surface area contributed by atoms with Gasteiger partial charge in [0.05, 0.1) is 12.8 Å². The fourth-order valence-corrected chi connectivity index (χ4v) is 2.67. The molecule has 0 amide bonds. The topological polar surface area (TPSA) is 52.5 Å². The Morgan fingerprint density at radius 3 is 2.76 bits per heavy atom. The van der Waals surface area contributed by atoms with Crippen LogP contribution in [0.15, 0.2) is 48.7 Å². The summed E-state index contributed by atoms with van der Waals surface area (Å²) in [4.78, 5) is 4.75. The molecule has 108 valence electrons. The summed E-state index contributed by atoms with van der Waals surface area (Å²) in [6, 6.07) is 14.1. The van der Waals surface area contributed by atoms with Crippen molar-refractivity contribution in [1.29, 1.82) is 0 Å². The van der Waals surface area contributed by atoms with Crippen LogP contribution < -0.4 is 10.5 Å². The van der Waals surface area contributed by atoms with Crippen molar-refractivity contribution in [2.75, 3.05) is 13.7 Å². The number of benzene rings is 1. The van der Waals surface area contributed by atoms with Crippen molar-refractivity contribution in [1.82, 2.24) is 9.38 Å². The average Bonchev–Trinajstić information content (AvgIpc) is 2.86. The second kappa shape index (κ2) is 5.97. The third-order valence-corrected chi connectivity index (χ3v) is 3.64. The van der Waals surface area contributed by atoms with E-state index in [0.29, 0.717) is 6.54 Å². The molecule has 0 spiro atoms. The first-order valence-corrected chi connectivity index (χ1v) is 7.10. The van der Waals surface area contributed by atoms with Gasteiger partial charge in [0.15, 0.2) is 0 Å². The van der Waals surface area contributed by atoms with Crippen LogP contribution in [0.2, 0.25) is 0 Å². The number of nitrogens with zero attached hydrogens (tertiary/aromatic N) is 2. The number of methoxy groups -OCH3 is 1. The number of aromatic nitrogens is 2. The molecule has 0 aliphatic rings. The molecule has 4 heteroatoms. The molecule has 2 heterocycles. The molecule has 0 saturated carbocycles. The van der Waals surface area contributed by atoms with Gasteiger partial charge in [0.25, 0.3) is 0 Å². The van der Waals surface area contributed by atoms with Crippen molar-refractivity contribution in [3.8, 4) is 5.75 Å². The van der Waals surface area contributed by atoms with Gasteiger partial charge in [-0.1, -0.05) is 24.3 Å². The van der Waals surface area contributed by atoms with Gasteiger partial charge >= 0.3 is 0 Å². The zero-order valence-corrected chi connectivity index (χ0v) is 12.1. The predicted octanol–water partition coefficient (Wildman–Crippen LogP) is 2.43. The second-order valence-electron chi connectivity index (χ2n) is 4.96. The molecule has 0 bridgehead atoms. The maximum atomic E-state index is 5.76. The van der Waals surface area contributed by atoms with Crippen LogP contribution >= 0.6 is 0 Å². The molecule has 0 atom stereocenters. The van der Waals surface area contributed by atoms with Crippen LogP contribution in [-0.2, 0) is 12.8 Å². The summed E-state index contributed by atoms with van der Waals surface area (Å²) in [5, 5.41) is 0. The highest BCUT2D eigenvalue weighted by Gasteiger charge is 2.13. The maximum absolute atomic E-state index is 5.76. The van der Waals surface area contributed by atoms with E-state index in [1.54, 1.807) is 7.11 Å². The molecule has 1 aromatic carbocycles. The van der Waals surface area contributed by atoms with Crippen LogP contribution in [0.5, 0.6) is 5.75 Å². The number of imidazole rings is 1. The lowest BCUT2D eigenvalue weighted by molar-refractivity contribution is 0.410. The van der Waals surface area contributed by atoms with E-state index in [-0.39, 0.29) is 0 Å². The first-order valence-electron chi connectivity index (χ1n) is 7.10. The number of hydrogen-bond acceptors (Lipinski definition) is 3. The van der Waals surface area contributed by atoms with Crippen LogP contribution in [0.4, 0.5) is 0 Å². The molecule has 0 saturated heterocycles. The Morgan fingerprint density at radius 2 is 1.95 bits per heavy atom. The van der Waals surface area contributed by atoms with Crippen molar-refractivity contribution >= 4 is 5.65 Å². The van der Waals surface area contributed by atoms with Crippen LogP contribution in [0, 0.1) is 0 Å². The van der Waals surface area contributed by atoms with Gasteiger partial charge in [-0.3, -0.25) is 0 Å². The van der Waals surface area contributed by atoms with Crippen molar-refractivity contribution in [3.05, 3.63) is 65.6 Å². The second-order valence-corrected chi connectivity index (χ2v) is 4.96. The van der Waals surface area contributed by atoms with E-state index in [2.05, 4.69) is 10.5 Å². The number of rotatable bonds is 5. The summed E-state index contributed by atoms with van der Waals surface area (Å²) in [5.74, 6) is 0.897. The number of ether oxygens (including phenoxy) is 1. The highest BCUT2D eigenvalue weighted by atomic mass is 16.5. The maximum Gasteiger partial charge on any atom is 0.137 e. The van der Waals surface area contributed by atoms with E-state index >= 15 is 0 Å². The van der Waals surface area contributed by atoms with Gasteiger partial charge < -0.3 is 14.9 Å². The first kappa shape index (κ1) is 13.6. The van der Waals surface area contributed by atoms with E-state index in [9.17, 15) is 0 Å². The molecule has 0 unspecified atom stereocenters. The van der Waals surface area contributed by atoms with Gasteiger partial charge in [-0.2, -0.15) is 0 Å². The Bertz CT molecular complexity index is 749. The molecule has 0 aliphatic heterocycles. The van der Waals surface area contributed by atoms with Gasteiger partial charge in [0.2, 0.25) is 0 Å². The molecule has 3 aromatic rings. The van der Waals surface area contributed by atoms with Gasteiger partial charge in [-0.15, -0.1) is 0 Å². The summed E-state index contributed by atoms with van der Waals surface area (Å²) in [7, 11) is 1.70. The highest BCUT2D eigenvalue weighted by molar-refractivity contribution is 5.46. The van der Waals surface area contributed by atoms with Crippen molar-refractivity contribution in [2.24, 2.45) is 5.73 Å². The molecule has 2 N–H and O–H groups in total. The minimum absolute atomic E-state index is 0.613. The average molecular weight is 281 g/mol. The van der Waals surface area contributed by atoms with Gasteiger partial charge in [0.1, 0.15) is 11.4 Å². The third kappa shape index (κ3) is 2.62. The number of para-hydroxylation sites is 1. The lowest BCUT2D eigenvalue weighted by Gasteiger charge is -2.08. The Morgan fingerprint density at radius 1 is 1.14 bits per heavy atom. The number of fused-ring (bicyclic) bond motifs is 1. The standard InChI is InChI=1S/C17H19N3O/c1-21-16-7-3-2-6-13(16)12-14-15(9-10-18)20-11-5-4-8-17(20)19-14/h2-8,11H,9-10,12,18H2,1H3. The smallest absolute Gasteiger partial charge is 0.137 e. The SMILES string of the molecule is COc1ccccc1Cc1nc2ccccn2c1CCN. The fourth-order valence-electron chi connectivity index (χ4n) is 2.67. The van der Waals surface area contributed by atoms with E-state index in [1.807, 2.05) is 42.6 Å². The predicted molar refractivity (Wildman–Crippen MR) is 83.8 cm³/mol. The first-order chi connectivity index (χ1) is 10.3. The summed E-state index contributed by atoms with van der Waals surface area (Å²) in [6.07, 6.45) is 3.61. The minimum Gasteiger partial charge on any atom is -0.496 e. The van der Waals surface area contributed by atoms with E-state index in [1.165, 1.54) is 5.69 Å². The molecule has 0 fully saturated rings. The molecular formula is C17H19N3O. The molecule has 0 radical (unpaired) electrons. The zero-order valence-electron chi connectivity index (χ0n) is 12.1. The fraction of sp³-hybridized carbons (Fsp3) is 0.235. The molecule has 21 heavy (non-hydrogen) atoms. The Hall–Kier alpha value is -2.33. The van der Waals surface area contributed by atoms with Crippen LogP contribution in [0.3, 0.4) is 0 Å². The van der Waals surface area contributed by atoms with Crippen molar-refractivity contribution in [3.63, 3.8) is 0 Å². The molecular weight excluding hydrogens is 262 g/mol. The monoisotopic (exact) mass is 281 g/mol. The molecule has 3 rings (SSSR count). The summed E-state index contributed by atoms with van der Waals surface area (Å²) in [6.45, 7) is 0.613. The summed E-state index contributed by atoms with van der Waals surface area (Å²) < 4.78 is 7.55. The zero-order chi connectivity index (χ0) is 14.7. The Balaban J connectivity index is 2.05. The lowest BCUT2D eigenvalue weighted by atomic mass is 10.1. The minimum atomic E-state index is 0.613. The quantitative estimate of drug-likeness (QED) is 0.781. The van der Waals surface area contributed by atoms with E-state index < -0.39 is 0 Å². The van der Waals surface area contributed by atoms with Crippen LogP contribution in [0.25, 0.3) is 5.65 Å². The third-order valence-electron chi connectivity index (χ3n) is 3.64. The Labute approximate surface area is 124 Å². The molecule has 0 aliphatic carbocycles. The van der Waals surface area contributed by atoms with Crippen LogP contribution in [-0.4, -0.2) is 23.0 Å². The van der Waals surface area contributed by atoms with Crippen molar-refractivity contribution in [2.45, 2.75) is 12.8 Å².